The van der Waals surface area contributed by atoms with Crippen molar-refractivity contribution in [2.75, 3.05) is 17.7 Å². The van der Waals surface area contributed by atoms with Crippen molar-refractivity contribution in [3.63, 3.8) is 0 Å². The fourth-order valence-corrected chi connectivity index (χ4v) is 1.78. The van der Waals surface area contributed by atoms with Gasteiger partial charge in [0.05, 0.1) is 18.5 Å². The minimum Gasteiger partial charge on any atom is -0.462 e. The third kappa shape index (κ3) is 3.92. The Morgan fingerprint density at radius 2 is 2.14 bits per heavy atom. The van der Waals surface area contributed by atoms with Gasteiger partial charge in [0, 0.05) is 18.4 Å². The highest BCUT2D eigenvalue weighted by Gasteiger charge is 2.14. The lowest BCUT2D eigenvalue weighted by atomic mass is 10.2. The largest absolute Gasteiger partial charge is 0.462 e. The first kappa shape index (κ1) is 14.8. The molecule has 0 aliphatic carbocycles. The maximum absolute atomic E-state index is 11.9. The summed E-state index contributed by atoms with van der Waals surface area (Å²) in [5.74, 6) is 0.00468. The summed E-state index contributed by atoms with van der Waals surface area (Å²) in [6.45, 7) is 4.49. The molecule has 0 unspecified atom stereocenters. The molecule has 0 aromatic carbocycles. The predicted octanol–water partition coefficient (Wildman–Crippen LogP) is 2.16. The van der Waals surface area contributed by atoms with Gasteiger partial charge in [-0.05, 0) is 31.5 Å². The summed E-state index contributed by atoms with van der Waals surface area (Å²) in [6.07, 6.45) is 3.28. The molecule has 0 aliphatic rings. The summed E-state index contributed by atoms with van der Waals surface area (Å²) in [6, 6.07) is 5.46. The molecule has 0 atom stereocenters. The van der Waals surface area contributed by atoms with E-state index in [4.69, 9.17) is 10.5 Å². The van der Waals surface area contributed by atoms with Crippen molar-refractivity contribution in [3.05, 3.63) is 47.4 Å². The molecular formula is C15H18N4O2. The zero-order chi connectivity index (χ0) is 15.2. The van der Waals surface area contributed by atoms with Crippen LogP contribution in [0.3, 0.4) is 0 Å². The van der Waals surface area contributed by atoms with E-state index in [1.54, 1.807) is 19.2 Å². The van der Waals surface area contributed by atoms with Gasteiger partial charge in [-0.15, -0.1) is 0 Å². The average molecular weight is 286 g/mol. The SMILES string of the molecule is CCOC(=O)c1cc(N)cnc1NCc1ccc(C)nc1. The number of ether oxygens (including phenoxy) is 1. The summed E-state index contributed by atoms with van der Waals surface area (Å²) in [4.78, 5) is 20.3. The molecule has 0 fully saturated rings. The Hall–Kier alpha value is -2.63. The number of nitrogens with zero attached hydrogens (tertiary/aromatic N) is 2. The predicted molar refractivity (Wildman–Crippen MR) is 80.9 cm³/mol. The number of carbonyl (C=O) groups is 1. The number of aryl methyl sites for hydroxylation is 1. The molecule has 2 rings (SSSR count). The minimum absolute atomic E-state index is 0.301. The van der Waals surface area contributed by atoms with E-state index in [9.17, 15) is 4.79 Å². The lowest BCUT2D eigenvalue weighted by Crippen LogP contribution is -2.12. The van der Waals surface area contributed by atoms with E-state index >= 15 is 0 Å². The fraction of sp³-hybridized carbons (Fsp3) is 0.267. The Labute approximate surface area is 123 Å². The van der Waals surface area contributed by atoms with E-state index in [0.29, 0.717) is 30.2 Å². The van der Waals surface area contributed by atoms with Gasteiger partial charge in [-0.3, -0.25) is 4.98 Å². The molecule has 21 heavy (non-hydrogen) atoms. The van der Waals surface area contributed by atoms with Crippen LogP contribution in [-0.2, 0) is 11.3 Å². The van der Waals surface area contributed by atoms with Crippen LogP contribution in [0.5, 0.6) is 0 Å². The number of hydrogen-bond donors (Lipinski definition) is 2. The quantitative estimate of drug-likeness (QED) is 0.819. The lowest BCUT2D eigenvalue weighted by molar-refractivity contribution is 0.0527. The normalized spacial score (nSPS) is 10.2. The van der Waals surface area contributed by atoms with Gasteiger partial charge in [-0.25, -0.2) is 9.78 Å². The summed E-state index contributed by atoms with van der Waals surface area (Å²) in [5, 5.41) is 3.11. The van der Waals surface area contributed by atoms with Crippen LogP contribution in [0.2, 0.25) is 0 Å². The fourth-order valence-electron chi connectivity index (χ4n) is 1.78. The van der Waals surface area contributed by atoms with Gasteiger partial charge in [0.15, 0.2) is 0 Å². The van der Waals surface area contributed by atoms with Crippen molar-refractivity contribution in [1.82, 2.24) is 9.97 Å². The number of rotatable bonds is 5. The van der Waals surface area contributed by atoms with Gasteiger partial charge >= 0.3 is 5.97 Å². The Bertz CT molecular complexity index is 626. The summed E-state index contributed by atoms with van der Waals surface area (Å²) in [5.41, 5.74) is 8.37. The van der Waals surface area contributed by atoms with Gasteiger partial charge in [0.2, 0.25) is 0 Å². The maximum atomic E-state index is 11.9. The number of nitrogens with two attached hydrogens (primary N) is 1. The Balaban J connectivity index is 2.15. The van der Waals surface area contributed by atoms with Gasteiger partial charge < -0.3 is 15.8 Å². The van der Waals surface area contributed by atoms with Gasteiger partial charge in [0.25, 0.3) is 0 Å². The van der Waals surface area contributed by atoms with Crippen molar-refractivity contribution in [2.24, 2.45) is 0 Å². The highest BCUT2D eigenvalue weighted by molar-refractivity contribution is 5.95. The molecule has 0 saturated heterocycles. The first-order valence-corrected chi connectivity index (χ1v) is 6.68. The van der Waals surface area contributed by atoms with Crippen molar-refractivity contribution >= 4 is 17.5 Å². The molecule has 0 aliphatic heterocycles. The van der Waals surface area contributed by atoms with E-state index in [2.05, 4.69) is 15.3 Å². The van der Waals surface area contributed by atoms with Crippen molar-refractivity contribution < 1.29 is 9.53 Å². The molecule has 6 nitrogen and oxygen atoms in total. The van der Waals surface area contributed by atoms with Gasteiger partial charge in [-0.1, -0.05) is 6.07 Å². The molecule has 0 bridgehead atoms. The highest BCUT2D eigenvalue weighted by Crippen LogP contribution is 2.17. The van der Waals surface area contributed by atoms with Crippen LogP contribution in [0.1, 0.15) is 28.5 Å². The molecule has 2 aromatic rings. The van der Waals surface area contributed by atoms with Crippen molar-refractivity contribution in [1.29, 1.82) is 0 Å². The third-order valence-electron chi connectivity index (χ3n) is 2.84. The number of aromatic nitrogens is 2. The second-order valence-electron chi connectivity index (χ2n) is 4.55. The van der Waals surface area contributed by atoms with E-state index in [-0.39, 0.29) is 0 Å². The first-order valence-electron chi connectivity index (χ1n) is 6.68. The molecule has 0 saturated carbocycles. The topological polar surface area (TPSA) is 90.1 Å². The summed E-state index contributed by atoms with van der Waals surface area (Å²) < 4.78 is 5.00. The van der Waals surface area contributed by atoms with E-state index in [1.165, 1.54) is 6.20 Å². The van der Waals surface area contributed by atoms with E-state index < -0.39 is 5.97 Å². The smallest absolute Gasteiger partial charge is 0.341 e. The molecule has 2 heterocycles. The van der Waals surface area contributed by atoms with Gasteiger partial charge in [0.1, 0.15) is 11.4 Å². The molecule has 0 spiro atoms. The maximum Gasteiger partial charge on any atom is 0.341 e. The van der Waals surface area contributed by atoms with Crippen LogP contribution >= 0.6 is 0 Å². The number of carbonyl (C=O) groups excluding carboxylic acids is 1. The Morgan fingerprint density at radius 1 is 1.33 bits per heavy atom. The summed E-state index contributed by atoms with van der Waals surface area (Å²) in [7, 11) is 0. The Morgan fingerprint density at radius 3 is 2.81 bits per heavy atom. The van der Waals surface area contributed by atoms with Crippen LogP contribution in [0.25, 0.3) is 0 Å². The zero-order valence-corrected chi connectivity index (χ0v) is 12.1. The molecule has 6 heteroatoms. The number of nitrogens with one attached hydrogen (secondary N) is 1. The minimum atomic E-state index is -0.443. The van der Waals surface area contributed by atoms with Crippen molar-refractivity contribution in [3.8, 4) is 0 Å². The number of pyridine rings is 2. The zero-order valence-electron chi connectivity index (χ0n) is 12.1. The number of hydrogen-bond acceptors (Lipinski definition) is 6. The summed E-state index contributed by atoms with van der Waals surface area (Å²) >= 11 is 0. The average Bonchev–Trinajstić information content (AvgIpc) is 2.48. The lowest BCUT2D eigenvalue weighted by Gasteiger charge is -2.11. The third-order valence-corrected chi connectivity index (χ3v) is 2.84. The standard InChI is InChI=1S/C15H18N4O2/c1-3-21-15(20)13-6-12(16)9-19-14(13)18-8-11-5-4-10(2)17-7-11/h4-7,9H,3,8,16H2,1-2H3,(H,18,19). The van der Waals surface area contributed by atoms with Crippen LogP contribution in [0, 0.1) is 6.92 Å². The monoisotopic (exact) mass is 286 g/mol. The Kier molecular flexibility index (Phi) is 4.71. The van der Waals surface area contributed by atoms with E-state index in [1.807, 2.05) is 19.1 Å². The van der Waals surface area contributed by atoms with E-state index in [0.717, 1.165) is 11.3 Å². The number of esters is 1. The molecule has 110 valence electrons. The number of anilines is 2. The second kappa shape index (κ2) is 6.69. The molecule has 0 radical (unpaired) electrons. The molecule has 2 aromatic heterocycles. The van der Waals surface area contributed by atoms with Crippen LogP contribution in [-0.4, -0.2) is 22.5 Å². The van der Waals surface area contributed by atoms with Crippen LogP contribution in [0.15, 0.2) is 30.6 Å². The highest BCUT2D eigenvalue weighted by atomic mass is 16.5. The van der Waals surface area contributed by atoms with Crippen LogP contribution in [0.4, 0.5) is 11.5 Å². The van der Waals surface area contributed by atoms with Gasteiger partial charge in [-0.2, -0.15) is 0 Å². The molecule has 3 N–H and O–H groups in total. The molecule has 0 amide bonds. The molecular weight excluding hydrogens is 268 g/mol. The van der Waals surface area contributed by atoms with Crippen molar-refractivity contribution in [2.45, 2.75) is 20.4 Å². The van der Waals surface area contributed by atoms with Crippen LogP contribution < -0.4 is 11.1 Å². The first-order chi connectivity index (χ1) is 10.1. The second-order valence-corrected chi connectivity index (χ2v) is 4.55. The number of nitrogen functional groups attached to an aromatic ring is 1.